The number of nitrogens with two attached hydrogens (primary N) is 1. The maximum Gasteiger partial charge on any atom is 0.292 e. The molecule has 0 aromatic heterocycles. The predicted molar refractivity (Wildman–Crippen MR) is 68.2 cm³/mol. The summed E-state index contributed by atoms with van der Waals surface area (Å²) in [5, 5.41) is 10.8. The molecule has 2 N–H and O–H groups in total. The fraction of sp³-hybridized carbons (Fsp3) is 0.500. The van der Waals surface area contributed by atoms with Crippen LogP contribution in [0.4, 0.5) is 11.4 Å². The molecule has 1 fully saturated rings. The van der Waals surface area contributed by atoms with Gasteiger partial charge in [-0.1, -0.05) is 12.1 Å². The molecule has 2 rings (SSSR count). The average molecular weight is 251 g/mol. The van der Waals surface area contributed by atoms with Crippen molar-refractivity contribution in [2.24, 2.45) is 0 Å². The number of nitro groups is 1. The minimum absolute atomic E-state index is 0.0196. The quantitative estimate of drug-likeness (QED) is 0.499. The number of para-hydroxylation sites is 1. The molecule has 1 unspecified atom stereocenters. The SMILES string of the molecule is CC1CN(Cc2cccc([N+](=O)[O-])c2N)CCO1. The second-order valence-corrected chi connectivity index (χ2v) is 4.52. The molecule has 0 aliphatic carbocycles. The Bertz CT molecular complexity index is 450. The molecule has 98 valence electrons. The fourth-order valence-electron chi connectivity index (χ4n) is 2.17. The molecule has 18 heavy (non-hydrogen) atoms. The second-order valence-electron chi connectivity index (χ2n) is 4.52. The monoisotopic (exact) mass is 251 g/mol. The van der Waals surface area contributed by atoms with Gasteiger partial charge >= 0.3 is 0 Å². The third-order valence-corrected chi connectivity index (χ3v) is 3.09. The minimum Gasteiger partial charge on any atom is -0.393 e. The lowest BCUT2D eigenvalue weighted by Gasteiger charge is -2.31. The maximum absolute atomic E-state index is 10.8. The van der Waals surface area contributed by atoms with E-state index in [1.165, 1.54) is 6.07 Å². The van der Waals surface area contributed by atoms with Crippen molar-refractivity contribution < 1.29 is 9.66 Å². The van der Waals surface area contributed by atoms with Crippen LogP contribution in [0.2, 0.25) is 0 Å². The summed E-state index contributed by atoms with van der Waals surface area (Å²) >= 11 is 0. The number of morpholine rings is 1. The Kier molecular flexibility index (Phi) is 3.78. The molecule has 1 aliphatic heterocycles. The van der Waals surface area contributed by atoms with E-state index in [-0.39, 0.29) is 17.5 Å². The first-order chi connectivity index (χ1) is 8.58. The van der Waals surface area contributed by atoms with E-state index in [2.05, 4.69) is 4.90 Å². The van der Waals surface area contributed by atoms with Crippen LogP contribution in [0.25, 0.3) is 0 Å². The molecule has 1 aromatic rings. The first kappa shape index (κ1) is 12.8. The summed E-state index contributed by atoms with van der Waals surface area (Å²) in [5.41, 5.74) is 6.89. The van der Waals surface area contributed by atoms with Crippen molar-refractivity contribution in [2.75, 3.05) is 25.4 Å². The molecule has 0 amide bonds. The van der Waals surface area contributed by atoms with Gasteiger partial charge in [-0.25, -0.2) is 0 Å². The summed E-state index contributed by atoms with van der Waals surface area (Å²) in [6.45, 7) is 4.98. The van der Waals surface area contributed by atoms with E-state index in [1.54, 1.807) is 6.07 Å². The van der Waals surface area contributed by atoms with Gasteiger partial charge in [0.2, 0.25) is 0 Å². The van der Waals surface area contributed by atoms with E-state index in [9.17, 15) is 10.1 Å². The highest BCUT2D eigenvalue weighted by Crippen LogP contribution is 2.26. The van der Waals surface area contributed by atoms with Crippen LogP contribution in [0, 0.1) is 10.1 Å². The Morgan fingerprint density at radius 1 is 1.61 bits per heavy atom. The van der Waals surface area contributed by atoms with Crippen molar-refractivity contribution in [1.29, 1.82) is 0 Å². The van der Waals surface area contributed by atoms with Crippen molar-refractivity contribution in [3.05, 3.63) is 33.9 Å². The zero-order valence-electron chi connectivity index (χ0n) is 10.3. The van der Waals surface area contributed by atoms with E-state index in [0.29, 0.717) is 13.2 Å². The van der Waals surface area contributed by atoms with Gasteiger partial charge in [-0.2, -0.15) is 0 Å². The second kappa shape index (κ2) is 5.32. The Morgan fingerprint density at radius 3 is 3.06 bits per heavy atom. The smallest absolute Gasteiger partial charge is 0.292 e. The standard InChI is InChI=1S/C12H17N3O3/c1-9-7-14(5-6-18-9)8-10-3-2-4-11(12(10)13)15(16)17/h2-4,9H,5-8,13H2,1H3. The summed E-state index contributed by atoms with van der Waals surface area (Å²) in [4.78, 5) is 12.6. The van der Waals surface area contributed by atoms with Crippen molar-refractivity contribution in [2.45, 2.75) is 19.6 Å². The van der Waals surface area contributed by atoms with Gasteiger partial charge in [-0.3, -0.25) is 15.0 Å². The van der Waals surface area contributed by atoms with Crippen LogP contribution in [0.3, 0.4) is 0 Å². The molecule has 6 heteroatoms. The molecule has 0 spiro atoms. The Morgan fingerprint density at radius 2 is 2.39 bits per heavy atom. The van der Waals surface area contributed by atoms with Crippen LogP contribution in [0.15, 0.2) is 18.2 Å². The zero-order valence-corrected chi connectivity index (χ0v) is 10.3. The number of hydrogen-bond acceptors (Lipinski definition) is 5. The topological polar surface area (TPSA) is 81.6 Å². The molecular weight excluding hydrogens is 234 g/mol. The van der Waals surface area contributed by atoms with Gasteiger partial charge in [0.05, 0.1) is 17.6 Å². The maximum atomic E-state index is 10.8. The molecule has 1 saturated heterocycles. The molecule has 0 radical (unpaired) electrons. The summed E-state index contributed by atoms with van der Waals surface area (Å²) in [6, 6.07) is 4.94. The average Bonchev–Trinajstić information content (AvgIpc) is 2.31. The third kappa shape index (κ3) is 2.77. The normalized spacial score (nSPS) is 20.8. The molecule has 0 bridgehead atoms. The summed E-state index contributed by atoms with van der Waals surface area (Å²) in [5.74, 6) is 0. The summed E-state index contributed by atoms with van der Waals surface area (Å²) < 4.78 is 5.46. The summed E-state index contributed by atoms with van der Waals surface area (Å²) in [6.07, 6.45) is 0.193. The van der Waals surface area contributed by atoms with Crippen LogP contribution in [-0.2, 0) is 11.3 Å². The lowest BCUT2D eigenvalue weighted by molar-refractivity contribution is -0.384. The lowest BCUT2D eigenvalue weighted by Crippen LogP contribution is -2.40. The first-order valence-corrected chi connectivity index (χ1v) is 5.93. The highest BCUT2D eigenvalue weighted by atomic mass is 16.6. The van der Waals surface area contributed by atoms with E-state index in [0.717, 1.165) is 18.7 Å². The summed E-state index contributed by atoms with van der Waals surface area (Å²) in [7, 11) is 0. The molecule has 1 heterocycles. The van der Waals surface area contributed by atoms with Crippen molar-refractivity contribution >= 4 is 11.4 Å². The minimum atomic E-state index is -0.444. The number of rotatable bonds is 3. The molecular formula is C12H17N3O3. The van der Waals surface area contributed by atoms with Gasteiger partial charge in [0.25, 0.3) is 5.69 Å². The molecule has 6 nitrogen and oxygen atoms in total. The van der Waals surface area contributed by atoms with Crippen LogP contribution < -0.4 is 5.73 Å². The molecule has 0 saturated carbocycles. The highest BCUT2D eigenvalue weighted by molar-refractivity contribution is 5.62. The van der Waals surface area contributed by atoms with Crippen molar-refractivity contribution in [1.82, 2.24) is 4.90 Å². The number of anilines is 1. The number of nitrogens with zero attached hydrogens (tertiary/aromatic N) is 2. The van der Waals surface area contributed by atoms with Crippen molar-refractivity contribution in [3.8, 4) is 0 Å². The van der Waals surface area contributed by atoms with E-state index >= 15 is 0 Å². The predicted octanol–water partition coefficient (Wildman–Crippen LogP) is 1.40. The van der Waals surface area contributed by atoms with Crippen LogP contribution in [0.5, 0.6) is 0 Å². The van der Waals surface area contributed by atoms with E-state index in [4.69, 9.17) is 10.5 Å². The van der Waals surface area contributed by atoms with Crippen LogP contribution >= 0.6 is 0 Å². The number of ether oxygens (including phenoxy) is 1. The van der Waals surface area contributed by atoms with Gasteiger partial charge < -0.3 is 10.5 Å². The van der Waals surface area contributed by atoms with Gasteiger partial charge in [-0.15, -0.1) is 0 Å². The first-order valence-electron chi connectivity index (χ1n) is 5.93. The molecule has 1 aromatic carbocycles. The number of nitrogen functional groups attached to an aromatic ring is 1. The Balaban J connectivity index is 2.14. The molecule has 1 aliphatic rings. The van der Waals surface area contributed by atoms with Gasteiger partial charge in [0.1, 0.15) is 5.69 Å². The number of nitro benzene ring substituents is 1. The highest BCUT2D eigenvalue weighted by Gasteiger charge is 2.20. The Labute approximate surface area is 105 Å². The van der Waals surface area contributed by atoms with Crippen molar-refractivity contribution in [3.63, 3.8) is 0 Å². The van der Waals surface area contributed by atoms with Gasteiger partial charge in [0, 0.05) is 25.7 Å². The largest absolute Gasteiger partial charge is 0.393 e. The lowest BCUT2D eigenvalue weighted by atomic mass is 10.1. The third-order valence-electron chi connectivity index (χ3n) is 3.09. The van der Waals surface area contributed by atoms with E-state index < -0.39 is 4.92 Å². The fourth-order valence-corrected chi connectivity index (χ4v) is 2.17. The zero-order chi connectivity index (χ0) is 13.1. The molecule has 1 atom stereocenters. The Hall–Kier alpha value is -1.66. The van der Waals surface area contributed by atoms with Gasteiger partial charge in [-0.05, 0) is 12.5 Å². The van der Waals surface area contributed by atoms with E-state index in [1.807, 2.05) is 13.0 Å². The van der Waals surface area contributed by atoms with Crippen LogP contribution in [-0.4, -0.2) is 35.6 Å². The number of hydrogen-bond donors (Lipinski definition) is 1. The number of benzene rings is 1. The van der Waals surface area contributed by atoms with Gasteiger partial charge in [0.15, 0.2) is 0 Å². The van der Waals surface area contributed by atoms with Crippen LogP contribution in [0.1, 0.15) is 12.5 Å².